The van der Waals surface area contributed by atoms with Crippen LogP contribution in [0.5, 0.6) is 11.5 Å². The average Bonchev–Trinajstić information content (AvgIpc) is 2.62. The third-order valence-electron chi connectivity index (χ3n) is 5.34. The lowest BCUT2D eigenvalue weighted by Gasteiger charge is -2.52. The number of benzene rings is 2. The van der Waals surface area contributed by atoms with Crippen molar-refractivity contribution in [2.24, 2.45) is 5.92 Å². The first-order valence-corrected chi connectivity index (χ1v) is 8.41. The maximum absolute atomic E-state index is 12.5. The molecule has 3 fully saturated rings. The van der Waals surface area contributed by atoms with Crippen LogP contribution in [-0.4, -0.2) is 24.0 Å². The Balaban J connectivity index is 1.76. The topological polar surface area (TPSA) is 49.8 Å². The first-order chi connectivity index (χ1) is 11.7. The molecule has 5 rings (SSSR count). The number of Topliss-reactive ketones (excluding diaryl/α,β-unsaturated/α-hetero) is 1. The van der Waals surface area contributed by atoms with E-state index >= 15 is 0 Å². The minimum atomic E-state index is 0.0293. The molecule has 2 bridgehead atoms. The number of ether oxygens (including phenoxy) is 1. The number of fused-ring (bicyclic) bond motifs is 3. The second-order valence-electron chi connectivity index (χ2n) is 6.65. The summed E-state index contributed by atoms with van der Waals surface area (Å²) in [6.45, 7) is 0. The molecule has 3 atom stereocenters. The van der Waals surface area contributed by atoms with Crippen molar-refractivity contribution in [2.75, 3.05) is 12.0 Å². The van der Waals surface area contributed by atoms with Gasteiger partial charge < -0.3 is 14.7 Å². The van der Waals surface area contributed by atoms with Gasteiger partial charge in [0, 0.05) is 24.1 Å². The van der Waals surface area contributed by atoms with E-state index in [1.807, 2.05) is 24.3 Å². The summed E-state index contributed by atoms with van der Waals surface area (Å²) in [5, 5.41) is 9.59. The fraction of sp³-hybridized carbons (Fsp3) is 0.350. The monoisotopic (exact) mass is 323 g/mol. The SMILES string of the molecule is COc1ccc(N2C3CCC(C(=O)C3)C2c2ccc(O)cc2)cc1. The summed E-state index contributed by atoms with van der Waals surface area (Å²) < 4.78 is 5.26. The van der Waals surface area contributed by atoms with Gasteiger partial charge in [-0.2, -0.15) is 0 Å². The highest BCUT2D eigenvalue weighted by molar-refractivity contribution is 5.86. The number of ketones is 1. The van der Waals surface area contributed by atoms with E-state index in [4.69, 9.17) is 4.74 Å². The van der Waals surface area contributed by atoms with Crippen molar-refractivity contribution < 1.29 is 14.6 Å². The van der Waals surface area contributed by atoms with Gasteiger partial charge in [0.25, 0.3) is 0 Å². The molecule has 1 N–H and O–H groups in total. The van der Waals surface area contributed by atoms with E-state index in [9.17, 15) is 9.90 Å². The van der Waals surface area contributed by atoms with E-state index in [1.54, 1.807) is 19.2 Å². The maximum atomic E-state index is 12.5. The Kier molecular flexibility index (Phi) is 3.68. The molecule has 1 aliphatic carbocycles. The summed E-state index contributed by atoms with van der Waals surface area (Å²) in [7, 11) is 1.66. The van der Waals surface area contributed by atoms with Gasteiger partial charge in [-0.1, -0.05) is 12.1 Å². The molecule has 3 aliphatic rings. The van der Waals surface area contributed by atoms with Gasteiger partial charge >= 0.3 is 0 Å². The van der Waals surface area contributed by atoms with Crippen LogP contribution < -0.4 is 9.64 Å². The van der Waals surface area contributed by atoms with Crippen molar-refractivity contribution in [3.8, 4) is 11.5 Å². The number of rotatable bonds is 3. The van der Waals surface area contributed by atoms with Crippen LogP contribution >= 0.6 is 0 Å². The van der Waals surface area contributed by atoms with E-state index in [-0.39, 0.29) is 23.8 Å². The number of phenols is 1. The molecule has 2 aromatic rings. The number of hydrogen-bond donors (Lipinski definition) is 1. The molecule has 0 amide bonds. The number of anilines is 1. The molecule has 2 aromatic carbocycles. The van der Waals surface area contributed by atoms with Gasteiger partial charge in [0.1, 0.15) is 17.3 Å². The number of carbonyl (C=O) groups is 1. The highest BCUT2D eigenvalue weighted by Gasteiger charge is 2.47. The molecule has 2 saturated heterocycles. The van der Waals surface area contributed by atoms with Crippen LogP contribution in [0.3, 0.4) is 0 Å². The van der Waals surface area contributed by atoms with Crippen molar-refractivity contribution >= 4 is 11.5 Å². The van der Waals surface area contributed by atoms with Gasteiger partial charge in [-0.3, -0.25) is 4.79 Å². The lowest BCUT2D eigenvalue weighted by Crippen LogP contribution is -2.54. The lowest BCUT2D eigenvalue weighted by molar-refractivity contribution is -0.128. The molecule has 2 heterocycles. The summed E-state index contributed by atoms with van der Waals surface area (Å²) in [5.74, 6) is 1.48. The van der Waals surface area contributed by atoms with Crippen LogP contribution in [0.2, 0.25) is 0 Å². The molecule has 124 valence electrons. The number of methoxy groups -OCH3 is 1. The van der Waals surface area contributed by atoms with Crippen LogP contribution in [-0.2, 0) is 4.79 Å². The summed E-state index contributed by atoms with van der Waals surface area (Å²) in [5.41, 5.74) is 2.21. The number of piperidine rings is 2. The Hall–Kier alpha value is -2.49. The molecular formula is C20H21NO3. The molecule has 0 aromatic heterocycles. The van der Waals surface area contributed by atoms with Crippen LogP contribution in [0.1, 0.15) is 30.9 Å². The standard InChI is InChI=1S/C20H21NO3/c1-24-17-9-4-14(5-10-17)21-15-6-11-18(19(23)12-15)20(21)13-2-7-16(22)8-3-13/h2-5,7-10,15,18,20,22H,6,11-12H2,1H3. The number of aromatic hydroxyl groups is 1. The van der Waals surface area contributed by atoms with Gasteiger partial charge in [0.2, 0.25) is 0 Å². The third-order valence-corrected chi connectivity index (χ3v) is 5.34. The van der Waals surface area contributed by atoms with Gasteiger partial charge in [-0.25, -0.2) is 0 Å². The Morgan fingerprint density at radius 3 is 2.38 bits per heavy atom. The molecule has 24 heavy (non-hydrogen) atoms. The zero-order valence-corrected chi connectivity index (χ0v) is 13.7. The van der Waals surface area contributed by atoms with E-state index in [1.165, 1.54) is 0 Å². The first kappa shape index (κ1) is 15.1. The average molecular weight is 323 g/mol. The van der Waals surface area contributed by atoms with Crippen molar-refractivity contribution in [3.63, 3.8) is 0 Å². The van der Waals surface area contributed by atoms with Crippen LogP contribution in [0.25, 0.3) is 0 Å². The minimum absolute atomic E-state index is 0.0293. The molecule has 0 spiro atoms. The van der Waals surface area contributed by atoms with Gasteiger partial charge in [0.15, 0.2) is 0 Å². The zero-order valence-electron chi connectivity index (χ0n) is 13.7. The number of carbonyl (C=O) groups excluding carboxylic acids is 1. The Labute approximate surface area is 141 Å². The van der Waals surface area contributed by atoms with Crippen LogP contribution in [0.15, 0.2) is 48.5 Å². The van der Waals surface area contributed by atoms with Gasteiger partial charge in [0.05, 0.1) is 13.2 Å². The molecule has 1 saturated carbocycles. The van der Waals surface area contributed by atoms with E-state index in [0.29, 0.717) is 12.2 Å². The van der Waals surface area contributed by atoms with E-state index in [0.717, 1.165) is 29.8 Å². The second-order valence-corrected chi connectivity index (χ2v) is 6.65. The van der Waals surface area contributed by atoms with E-state index in [2.05, 4.69) is 17.0 Å². The summed E-state index contributed by atoms with van der Waals surface area (Å²) in [6.07, 6.45) is 2.63. The zero-order chi connectivity index (χ0) is 16.7. The molecule has 2 aliphatic heterocycles. The van der Waals surface area contributed by atoms with Crippen molar-refractivity contribution in [1.29, 1.82) is 0 Å². The van der Waals surface area contributed by atoms with Crippen LogP contribution in [0, 0.1) is 5.92 Å². The van der Waals surface area contributed by atoms with Gasteiger partial charge in [-0.05, 0) is 54.8 Å². The molecule has 0 radical (unpaired) electrons. The quantitative estimate of drug-likeness (QED) is 0.936. The second kappa shape index (κ2) is 5.86. The maximum Gasteiger partial charge on any atom is 0.140 e. The fourth-order valence-electron chi connectivity index (χ4n) is 4.20. The summed E-state index contributed by atoms with van der Waals surface area (Å²) >= 11 is 0. The predicted octanol–water partition coefficient (Wildman–Crippen LogP) is 3.70. The fourth-order valence-corrected chi connectivity index (χ4v) is 4.20. The highest BCUT2D eigenvalue weighted by atomic mass is 16.5. The third kappa shape index (κ3) is 2.42. The lowest BCUT2D eigenvalue weighted by atomic mass is 9.71. The minimum Gasteiger partial charge on any atom is -0.508 e. The number of hydrogen-bond acceptors (Lipinski definition) is 4. The number of nitrogens with zero attached hydrogens (tertiary/aromatic N) is 1. The molecule has 4 heteroatoms. The normalized spacial score (nSPS) is 25.8. The smallest absolute Gasteiger partial charge is 0.140 e. The summed E-state index contributed by atoms with van der Waals surface area (Å²) in [6, 6.07) is 15.6. The molecule has 3 unspecified atom stereocenters. The summed E-state index contributed by atoms with van der Waals surface area (Å²) in [4.78, 5) is 14.9. The van der Waals surface area contributed by atoms with E-state index < -0.39 is 0 Å². The van der Waals surface area contributed by atoms with Crippen molar-refractivity contribution in [2.45, 2.75) is 31.3 Å². The largest absolute Gasteiger partial charge is 0.508 e. The number of phenolic OH excluding ortho intramolecular Hbond substituents is 1. The first-order valence-electron chi connectivity index (χ1n) is 8.41. The Morgan fingerprint density at radius 2 is 1.75 bits per heavy atom. The van der Waals surface area contributed by atoms with Gasteiger partial charge in [-0.15, -0.1) is 0 Å². The van der Waals surface area contributed by atoms with Crippen molar-refractivity contribution in [3.05, 3.63) is 54.1 Å². The Bertz CT molecular complexity index is 738. The molecular weight excluding hydrogens is 302 g/mol. The molecule has 4 nitrogen and oxygen atoms in total. The van der Waals surface area contributed by atoms with Crippen LogP contribution in [0.4, 0.5) is 5.69 Å². The predicted molar refractivity (Wildman–Crippen MR) is 92.5 cm³/mol. The highest BCUT2D eigenvalue weighted by Crippen LogP contribution is 2.48. The van der Waals surface area contributed by atoms with Crippen molar-refractivity contribution in [1.82, 2.24) is 0 Å². The Morgan fingerprint density at radius 1 is 1.04 bits per heavy atom.